The van der Waals surface area contributed by atoms with Crippen molar-refractivity contribution < 1.29 is 0 Å². The Morgan fingerprint density at radius 1 is 1.12 bits per heavy atom. The number of hydrogen-bond acceptors (Lipinski definition) is 2. The Bertz CT molecular complexity index is 493. The van der Waals surface area contributed by atoms with E-state index in [1.54, 1.807) is 11.8 Å². The second-order valence-corrected chi connectivity index (χ2v) is 6.21. The molecule has 0 aliphatic carbocycles. The van der Waals surface area contributed by atoms with Gasteiger partial charge in [-0.25, -0.2) is 0 Å². The van der Waals surface area contributed by atoms with Crippen LogP contribution >= 0.6 is 46.0 Å². The Balaban J connectivity index is 2.10. The normalized spacial score (nSPS) is 10.5. The van der Waals surface area contributed by atoms with Crippen LogP contribution in [0.25, 0.3) is 0 Å². The van der Waals surface area contributed by atoms with E-state index in [4.69, 9.17) is 17.3 Å². The molecule has 0 amide bonds. The minimum absolute atomic E-state index is 0.723. The lowest BCUT2D eigenvalue weighted by atomic mass is 10.2. The molecule has 0 atom stereocenters. The van der Waals surface area contributed by atoms with Crippen LogP contribution in [-0.4, -0.2) is 0 Å². The van der Waals surface area contributed by atoms with Gasteiger partial charge in [0, 0.05) is 19.9 Å². The molecule has 0 aliphatic heterocycles. The molecule has 0 saturated heterocycles. The van der Waals surface area contributed by atoms with Gasteiger partial charge in [-0.2, -0.15) is 0 Å². The number of nitrogens with two attached hydrogens (primary N) is 1. The summed E-state index contributed by atoms with van der Waals surface area (Å²) in [6.45, 7) is 0. The molecule has 88 valence electrons. The monoisotopic (exact) mass is 375 g/mol. The van der Waals surface area contributed by atoms with Gasteiger partial charge in [0.05, 0.1) is 5.02 Å². The lowest BCUT2D eigenvalue weighted by Gasteiger charge is -2.07. The fraction of sp³-hybridized carbons (Fsp3) is 0.0769. The number of anilines is 1. The largest absolute Gasteiger partial charge is 0.398 e. The summed E-state index contributed by atoms with van der Waals surface area (Å²) < 4.78 is 1.24. The van der Waals surface area contributed by atoms with Gasteiger partial charge in [-0.1, -0.05) is 29.8 Å². The third-order valence-corrected chi connectivity index (χ3v) is 4.66. The maximum Gasteiger partial charge on any atom is 0.0562 e. The van der Waals surface area contributed by atoms with Gasteiger partial charge < -0.3 is 5.73 Å². The highest BCUT2D eigenvalue weighted by Crippen LogP contribution is 2.34. The third kappa shape index (κ3) is 3.53. The second-order valence-electron chi connectivity index (χ2n) is 3.57. The quantitative estimate of drug-likeness (QED) is 0.473. The van der Waals surface area contributed by atoms with Gasteiger partial charge in [0.2, 0.25) is 0 Å². The van der Waals surface area contributed by atoms with E-state index in [-0.39, 0.29) is 0 Å². The minimum atomic E-state index is 0.723. The molecule has 0 radical (unpaired) electrons. The Hall–Kier alpha value is -0.390. The molecular formula is C13H11ClINS. The van der Waals surface area contributed by atoms with E-state index in [1.165, 1.54) is 9.13 Å². The molecule has 2 N–H and O–H groups in total. The van der Waals surface area contributed by atoms with Crippen LogP contribution in [0.3, 0.4) is 0 Å². The molecule has 0 spiro atoms. The number of thioether (sulfide) groups is 1. The van der Waals surface area contributed by atoms with Crippen molar-refractivity contribution in [3.8, 4) is 0 Å². The maximum atomic E-state index is 6.12. The Kier molecular flexibility index (Phi) is 4.59. The number of nitrogen functional groups attached to an aromatic ring is 1. The van der Waals surface area contributed by atoms with Gasteiger partial charge >= 0.3 is 0 Å². The molecule has 2 aromatic rings. The fourth-order valence-corrected chi connectivity index (χ4v) is 3.06. The first kappa shape index (κ1) is 13.1. The molecule has 0 bridgehead atoms. The standard InChI is InChI=1S/C13H11ClINS/c14-11-2-1-3-12(16)13(11)17-8-9-4-6-10(15)7-5-9/h1-7H,8,16H2. The molecule has 0 aliphatic rings. The van der Waals surface area contributed by atoms with Crippen LogP contribution in [0.15, 0.2) is 47.4 Å². The Morgan fingerprint density at radius 3 is 2.47 bits per heavy atom. The van der Waals surface area contributed by atoms with E-state index in [0.29, 0.717) is 0 Å². The third-order valence-electron chi connectivity index (χ3n) is 2.29. The van der Waals surface area contributed by atoms with Gasteiger partial charge in [0.15, 0.2) is 0 Å². The zero-order valence-corrected chi connectivity index (χ0v) is 12.7. The molecule has 4 heteroatoms. The molecule has 1 nitrogen and oxygen atoms in total. The van der Waals surface area contributed by atoms with Gasteiger partial charge in [-0.05, 0) is 52.4 Å². The van der Waals surface area contributed by atoms with Crippen molar-refractivity contribution in [1.82, 2.24) is 0 Å². The van der Waals surface area contributed by atoms with E-state index >= 15 is 0 Å². The predicted octanol–water partition coefficient (Wildman–Crippen LogP) is 4.82. The summed E-state index contributed by atoms with van der Waals surface area (Å²) in [6.07, 6.45) is 0. The highest BCUT2D eigenvalue weighted by atomic mass is 127. The maximum absolute atomic E-state index is 6.12. The molecule has 17 heavy (non-hydrogen) atoms. The number of benzene rings is 2. The summed E-state index contributed by atoms with van der Waals surface area (Å²) in [7, 11) is 0. The van der Waals surface area contributed by atoms with Crippen molar-refractivity contribution >= 4 is 51.6 Å². The topological polar surface area (TPSA) is 26.0 Å². The molecule has 0 fully saturated rings. The Labute approximate surface area is 124 Å². The molecule has 2 aromatic carbocycles. The van der Waals surface area contributed by atoms with Gasteiger partial charge in [-0.15, -0.1) is 11.8 Å². The number of halogens is 2. The summed E-state index contributed by atoms with van der Waals surface area (Å²) in [5.41, 5.74) is 7.92. The zero-order chi connectivity index (χ0) is 12.3. The van der Waals surface area contributed by atoms with Crippen LogP contribution in [0.1, 0.15) is 5.56 Å². The first-order chi connectivity index (χ1) is 8.16. The predicted molar refractivity (Wildman–Crippen MR) is 84.6 cm³/mol. The smallest absolute Gasteiger partial charge is 0.0562 e. The van der Waals surface area contributed by atoms with E-state index in [1.807, 2.05) is 18.2 Å². The zero-order valence-electron chi connectivity index (χ0n) is 8.99. The molecule has 0 saturated carbocycles. The van der Waals surface area contributed by atoms with E-state index in [9.17, 15) is 0 Å². The van der Waals surface area contributed by atoms with E-state index < -0.39 is 0 Å². The first-order valence-electron chi connectivity index (χ1n) is 5.08. The summed E-state index contributed by atoms with van der Waals surface area (Å²) in [4.78, 5) is 0.965. The summed E-state index contributed by atoms with van der Waals surface area (Å²) >= 11 is 10.1. The van der Waals surface area contributed by atoms with Crippen molar-refractivity contribution in [3.05, 3.63) is 56.6 Å². The Morgan fingerprint density at radius 2 is 1.82 bits per heavy atom. The molecular weight excluding hydrogens is 365 g/mol. The summed E-state index contributed by atoms with van der Waals surface area (Å²) in [5.74, 6) is 0.880. The lowest BCUT2D eigenvalue weighted by Crippen LogP contribution is -1.89. The van der Waals surface area contributed by atoms with Gasteiger partial charge in [-0.3, -0.25) is 0 Å². The average molecular weight is 376 g/mol. The molecule has 0 aromatic heterocycles. The van der Waals surface area contributed by atoms with E-state index in [2.05, 4.69) is 46.9 Å². The average Bonchev–Trinajstić information content (AvgIpc) is 2.31. The number of rotatable bonds is 3. The van der Waals surface area contributed by atoms with Gasteiger partial charge in [0.25, 0.3) is 0 Å². The van der Waals surface area contributed by atoms with Crippen molar-refractivity contribution in [3.63, 3.8) is 0 Å². The van der Waals surface area contributed by atoms with Gasteiger partial charge in [0.1, 0.15) is 0 Å². The second kappa shape index (κ2) is 5.98. The highest BCUT2D eigenvalue weighted by Gasteiger charge is 2.05. The fourth-order valence-electron chi connectivity index (χ4n) is 1.41. The van der Waals surface area contributed by atoms with Crippen LogP contribution in [0, 0.1) is 3.57 Å². The van der Waals surface area contributed by atoms with Crippen molar-refractivity contribution in [2.45, 2.75) is 10.6 Å². The molecule has 0 unspecified atom stereocenters. The van der Waals surface area contributed by atoms with E-state index in [0.717, 1.165) is 21.4 Å². The van der Waals surface area contributed by atoms with Crippen LogP contribution in [0.5, 0.6) is 0 Å². The van der Waals surface area contributed by atoms with Crippen LogP contribution in [0.4, 0.5) is 5.69 Å². The van der Waals surface area contributed by atoms with Crippen LogP contribution < -0.4 is 5.73 Å². The van der Waals surface area contributed by atoms with Crippen molar-refractivity contribution in [1.29, 1.82) is 0 Å². The van der Waals surface area contributed by atoms with Crippen LogP contribution in [0.2, 0.25) is 5.02 Å². The van der Waals surface area contributed by atoms with Crippen LogP contribution in [-0.2, 0) is 5.75 Å². The summed E-state index contributed by atoms with van der Waals surface area (Å²) in [5, 5.41) is 0.723. The first-order valence-corrected chi connectivity index (χ1v) is 7.52. The molecule has 0 heterocycles. The molecule has 2 rings (SSSR count). The SMILES string of the molecule is Nc1cccc(Cl)c1SCc1ccc(I)cc1. The van der Waals surface area contributed by atoms with Crippen molar-refractivity contribution in [2.24, 2.45) is 0 Å². The number of hydrogen-bond donors (Lipinski definition) is 1. The highest BCUT2D eigenvalue weighted by molar-refractivity contribution is 14.1. The lowest BCUT2D eigenvalue weighted by molar-refractivity contribution is 1.38. The summed E-state index contributed by atoms with van der Waals surface area (Å²) in [6, 6.07) is 14.1. The van der Waals surface area contributed by atoms with Crippen molar-refractivity contribution in [2.75, 3.05) is 5.73 Å². The minimum Gasteiger partial charge on any atom is -0.398 e.